The standard InChI is InChI=1S/C13H17NO2/c1-16-12-8-6-11(7-9-12)14-10-4-2-3-5-13(14)15/h6-9H,2-5,10H2,1H3. The van der Waals surface area contributed by atoms with E-state index in [0.29, 0.717) is 6.42 Å². The minimum Gasteiger partial charge on any atom is -0.497 e. The summed E-state index contributed by atoms with van der Waals surface area (Å²) in [7, 11) is 1.64. The van der Waals surface area contributed by atoms with E-state index < -0.39 is 0 Å². The van der Waals surface area contributed by atoms with Gasteiger partial charge in [-0.2, -0.15) is 0 Å². The van der Waals surface area contributed by atoms with E-state index in [1.54, 1.807) is 7.11 Å². The Labute approximate surface area is 96.0 Å². The molecule has 0 N–H and O–H groups in total. The van der Waals surface area contributed by atoms with Gasteiger partial charge in [-0.15, -0.1) is 0 Å². The third-order valence-electron chi connectivity index (χ3n) is 2.96. The fourth-order valence-corrected chi connectivity index (χ4v) is 2.02. The number of hydrogen-bond donors (Lipinski definition) is 0. The van der Waals surface area contributed by atoms with Gasteiger partial charge in [-0.25, -0.2) is 0 Å². The Morgan fingerprint density at radius 1 is 1.12 bits per heavy atom. The van der Waals surface area contributed by atoms with Crippen LogP contribution >= 0.6 is 0 Å². The maximum Gasteiger partial charge on any atom is 0.226 e. The van der Waals surface area contributed by atoms with Crippen molar-refractivity contribution in [2.45, 2.75) is 25.7 Å². The first-order valence-electron chi connectivity index (χ1n) is 5.75. The van der Waals surface area contributed by atoms with Gasteiger partial charge in [-0.1, -0.05) is 6.42 Å². The summed E-state index contributed by atoms with van der Waals surface area (Å²) >= 11 is 0. The number of anilines is 1. The van der Waals surface area contributed by atoms with Crippen LogP contribution in [0.5, 0.6) is 5.75 Å². The molecule has 0 aliphatic carbocycles. The molecule has 86 valence electrons. The summed E-state index contributed by atoms with van der Waals surface area (Å²) in [5.74, 6) is 1.06. The molecule has 3 heteroatoms. The van der Waals surface area contributed by atoms with E-state index in [0.717, 1.165) is 37.2 Å². The molecule has 1 saturated heterocycles. The molecule has 0 spiro atoms. The predicted molar refractivity (Wildman–Crippen MR) is 63.8 cm³/mol. The first-order chi connectivity index (χ1) is 7.81. The van der Waals surface area contributed by atoms with Crippen molar-refractivity contribution in [1.82, 2.24) is 0 Å². The lowest BCUT2D eigenvalue weighted by Gasteiger charge is -2.20. The normalized spacial score (nSPS) is 17.1. The van der Waals surface area contributed by atoms with E-state index in [-0.39, 0.29) is 5.91 Å². The monoisotopic (exact) mass is 219 g/mol. The summed E-state index contributed by atoms with van der Waals surface area (Å²) in [5.41, 5.74) is 0.979. The molecule has 1 aliphatic rings. The quantitative estimate of drug-likeness (QED) is 0.765. The number of ether oxygens (including phenoxy) is 1. The lowest BCUT2D eigenvalue weighted by atomic mass is 10.2. The Bertz CT molecular complexity index is 359. The molecule has 1 fully saturated rings. The molecule has 3 nitrogen and oxygen atoms in total. The van der Waals surface area contributed by atoms with Gasteiger partial charge in [0.1, 0.15) is 5.75 Å². The van der Waals surface area contributed by atoms with E-state index in [1.807, 2.05) is 29.2 Å². The molecular formula is C13H17NO2. The molecular weight excluding hydrogens is 202 g/mol. The molecule has 0 saturated carbocycles. The molecule has 0 bridgehead atoms. The van der Waals surface area contributed by atoms with Crippen LogP contribution in [0.3, 0.4) is 0 Å². The average molecular weight is 219 g/mol. The molecule has 2 rings (SSSR count). The smallest absolute Gasteiger partial charge is 0.226 e. The van der Waals surface area contributed by atoms with Crippen LogP contribution in [0.1, 0.15) is 25.7 Å². The maximum absolute atomic E-state index is 11.9. The highest BCUT2D eigenvalue weighted by atomic mass is 16.5. The lowest BCUT2D eigenvalue weighted by molar-refractivity contribution is -0.118. The van der Waals surface area contributed by atoms with Crippen LogP contribution in [0, 0.1) is 0 Å². The molecule has 0 radical (unpaired) electrons. The van der Waals surface area contributed by atoms with Gasteiger partial charge in [-0.05, 0) is 37.1 Å². The van der Waals surface area contributed by atoms with Crippen LogP contribution in [0.4, 0.5) is 5.69 Å². The highest BCUT2D eigenvalue weighted by Gasteiger charge is 2.17. The number of carbonyl (C=O) groups is 1. The Kier molecular flexibility index (Phi) is 3.44. The Hall–Kier alpha value is -1.51. The summed E-state index contributed by atoms with van der Waals surface area (Å²) < 4.78 is 5.10. The van der Waals surface area contributed by atoms with Crippen LogP contribution in [0.2, 0.25) is 0 Å². The van der Waals surface area contributed by atoms with Crippen molar-refractivity contribution in [1.29, 1.82) is 0 Å². The van der Waals surface area contributed by atoms with Gasteiger partial charge in [0.05, 0.1) is 7.11 Å². The largest absolute Gasteiger partial charge is 0.497 e. The SMILES string of the molecule is COc1ccc(N2CCCCCC2=O)cc1. The van der Waals surface area contributed by atoms with E-state index >= 15 is 0 Å². The number of benzene rings is 1. The molecule has 16 heavy (non-hydrogen) atoms. The van der Waals surface area contributed by atoms with Gasteiger partial charge in [0, 0.05) is 18.7 Å². The van der Waals surface area contributed by atoms with E-state index in [1.165, 1.54) is 0 Å². The molecule has 0 unspecified atom stereocenters. The second-order valence-corrected chi connectivity index (χ2v) is 4.05. The minimum absolute atomic E-state index is 0.239. The van der Waals surface area contributed by atoms with E-state index in [4.69, 9.17) is 4.74 Å². The summed E-state index contributed by atoms with van der Waals surface area (Å²) in [6.07, 6.45) is 3.94. The summed E-state index contributed by atoms with van der Waals surface area (Å²) in [6, 6.07) is 7.69. The Balaban J connectivity index is 2.17. The number of hydrogen-bond acceptors (Lipinski definition) is 2. The van der Waals surface area contributed by atoms with Crippen molar-refractivity contribution in [2.75, 3.05) is 18.6 Å². The molecule has 1 aromatic carbocycles. The van der Waals surface area contributed by atoms with Crippen LogP contribution in [-0.2, 0) is 4.79 Å². The zero-order chi connectivity index (χ0) is 11.4. The van der Waals surface area contributed by atoms with Crippen molar-refractivity contribution in [3.05, 3.63) is 24.3 Å². The highest BCUT2D eigenvalue weighted by Crippen LogP contribution is 2.22. The van der Waals surface area contributed by atoms with Crippen molar-refractivity contribution < 1.29 is 9.53 Å². The number of rotatable bonds is 2. The van der Waals surface area contributed by atoms with Gasteiger partial charge < -0.3 is 9.64 Å². The molecule has 0 atom stereocenters. The first-order valence-corrected chi connectivity index (χ1v) is 5.75. The van der Waals surface area contributed by atoms with Crippen LogP contribution in [0.15, 0.2) is 24.3 Å². The Morgan fingerprint density at radius 3 is 2.56 bits per heavy atom. The molecule has 1 aromatic rings. The van der Waals surface area contributed by atoms with Gasteiger partial charge in [0.15, 0.2) is 0 Å². The van der Waals surface area contributed by atoms with Crippen LogP contribution in [0.25, 0.3) is 0 Å². The topological polar surface area (TPSA) is 29.5 Å². The first kappa shape index (κ1) is 11.0. The van der Waals surface area contributed by atoms with Crippen molar-refractivity contribution in [3.63, 3.8) is 0 Å². The Morgan fingerprint density at radius 2 is 1.88 bits per heavy atom. The minimum atomic E-state index is 0.239. The zero-order valence-electron chi connectivity index (χ0n) is 9.61. The van der Waals surface area contributed by atoms with Gasteiger partial charge in [0.25, 0.3) is 0 Å². The number of nitrogens with zero attached hydrogens (tertiary/aromatic N) is 1. The van der Waals surface area contributed by atoms with E-state index in [2.05, 4.69) is 0 Å². The van der Waals surface area contributed by atoms with Crippen LogP contribution < -0.4 is 9.64 Å². The van der Waals surface area contributed by atoms with Gasteiger partial charge in [-0.3, -0.25) is 4.79 Å². The van der Waals surface area contributed by atoms with Gasteiger partial charge >= 0.3 is 0 Å². The molecule has 1 aliphatic heterocycles. The van der Waals surface area contributed by atoms with Crippen LogP contribution in [-0.4, -0.2) is 19.6 Å². The third kappa shape index (κ3) is 2.35. The average Bonchev–Trinajstić information content (AvgIpc) is 2.54. The highest BCUT2D eigenvalue weighted by molar-refractivity contribution is 5.93. The third-order valence-corrected chi connectivity index (χ3v) is 2.96. The van der Waals surface area contributed by atoms with E-state index in [9.17, 15) is 4.79 Å². The predicted octanol–water partition coefficient (Wildman–Crippen LogP) is 2.60. The maximum atomic E-state index is 11.9. The summed E-state index contributed by atoms with van der Waals surface area (Å²) in [5, 5.41) is 0. The second kappa shape index (κ2) is 5.01. The molecule has 1 heterocycles. The fourth-order valence-electron chi connectivity index (χ4n) is 2.02. The van der Waals surface area contributed by atoms with Crippen molar-refractivity contribution in [2.24, 2.45) is 0 Å². The molecule has 1 amide bonds. The summed E-state index contributed by atoms with van der Waals surface area (Å²) in [6.45, 7) is 0.838. The van der Waals surface area contributed by atoms with Crippen molar-refractivity contribution in [3.8, 4) is 5.75 Å². The second-order valence-electron chi connectivity index (χ2n) is 4.05. The number of methoxy groups -OCH3 is 1. The zero-order valence-corrected chi connectivity index (χ0v) is 9.61. The fraction of sp³-hybridized carbons (Fsp3) is 0.462. The number of amides is 1. The van der Waals surface area contributed by atoms with Gasteiger partial charge in [0.2, 0.25) is 5.91 Å². The van der Waals surface area contributed by atoms with Crippen molar-refractivity contribution >= 4 is 11.6 Å². The lowest BCUT2D eigenvalue weighted by Crippen LogP contribution is -2.29. The summed E-state index contributed by atoms with van der Waals surface area (Å²) in [4.78, 5) is 13.7. The molecule has 0 aromatic heterocycles. The number of carbonyl (C=O) groups excluding carboxylic acids is 1.